The normalized spacial score (nSPS) is 43.3. The van der Waals surface area contributed by atoms with Crippen molar-refractivity contribution in [3.8, 4) is 0 Å². The summed E-state index contributed by atoms with van der Waals surface area (Å²) >= 11 is 0. The molecule has 0 saturated carbocycles. The predicted octanol–water partition coefficient (Wildman–Crippen LogP) is -10.1. The first-order valence-corrected chi connectivity index (χ1v) is 18.7. The van der Waals surface area contributed by atoms with Crippen LogP contribution in [0.3, 0.4) is 0 Å². The van der Waals surface area contributed by atoms with E-state index < -0.39 is 185 Å². The number of hydrogen-bond acceptors (Lipinski definition) is 23. The molecule has 4 aliphatic heterocycles. The zero-order valence-corrected chi connectivity index (χ0v) is 32.4. The standard InChI is InChI=1S/C33H55N3O24/c1-9(40)34-17-12(43)4-33(32(52)53,59-27(17)20(45)13(44)5-37)60-28-22(47)14(6-38)56-31(25(28)50)58-26-15(7-39)57-30(19(24(26)49)36-11(3)42)54-8-16-21(46)23(48)18(29(51)55-16)35-10(2)41/h12-31,37-39,43-51H,4-8H2,1-3H3,(H,34,40)(H,35,41)(H,36,42)(H,52,53)/t12-,13+,14+,15+,16+,17+,18+,19+,20+,21-,22-,23+,24+,25+,26+,27+,28-,29-,30+,31-,33-/m0/s1. The fourth-order valence-corrected chi connectivity index (χ4v) is 7.36. The van der Waals surface area contributed by atoms with Gasteiger partial charge in [-0.3, -0.25) is 14.4 Å². The van der Waals surface area contributed by atoms with Gasteiger partial charge in [-0.1, -0.05) is 0 Å². The molecule has 27 nitrogen and oxygen atoms in total. The quantitative estimate of drug-likeness (QED) is 0.0684. The molecule has 0 bridgehead atoms. The molecule has 27 heteroatoms. The maximum atomic E-state index is 12.8. The molecule has 16 N–H and O–H groups in total. The first-order valence-electron chi connectivity index (χ1n) is 18.7. The molecule has 0 aliphatic carbocycles. The second kappa shape index (κ2) is 21.0. The summed E-state index contributed by atoms with van der Waals surface area (Å²) in [6.45, 7) is -0.653. The molecule has 0 aromatic carbocycles. The van der Waals surface area contributed by atoms with E-state index in [9.17, 15) is 85.6 Å². The number of amides is 3. The number of aliphatic hydroxyl groups excluding tert-OH is 12. The SMILES string of the molecule is CC(=O)N[C@@H]1[C@@H](O)[C@@H](O)[C@@H](CO[C@@H]2O[C@H](CO)[C@@H](O[C@@H]3O[C@H](CO)[C@H](O)[C@H](O[C@]4(C(=O)O)C[C@H](O)[C@@H](NC(C)=O)[C@H]([C@H](O)[C@H](O)CO)O4)[C@H]3O)[C@H](O)[C@H]2NC(C)=O)O[C@@H]1O. The number of carboxylic acid groups (broad SMARTS) is 1. The molecule has 0 unspecified atom stereocenters. The largest absolute Gasteiger partial charge is 0.477 e. The van der Waals surface area contributed by atoms with Gasteiger partial charge in [0.05, 0.1) is 38.6 Å². The lowest BCUT2D eigenvalue weighted by Crippen LogP contribution is -2.71. The van der Waals surface area contributed by atoms with E-state index in [1.165, 1.54) is 0 Å². The summed E-state index contributed by atoms with van der Waals surface area (Å²) in [4.78, 5) is 48.5. The van der Waals surface area contributed by atoms with E-state index in [0.717, 1.165) is 20.8 Å². The van der Waals surface area contributed by atoms with Gasteiger partial charge in [0.1, 0.15) is 91.4 Å². The molecular formula is C33H55N3O24. The van der Waals surface area contributed by atoms with Crippen LogP contribution in [-0.2, 0) is 52.3 Å². The van der Waals surface area contributed by atoms with Crippen LogP contribution in [0.15, 0.2) is 0 Å². The average molecular weight is 878 g/mol. The maximum Gasteiger partial charge on any atom is 0.364 e. The lowest BCUT2D eigenvalue weighted by molar-refractivity contribution is -0.383. The van der Waals surface area contributed by atoms with Crippen LogP contribution >= 0.6 is 0 Å². The Balaban J connectivity index is 1.58. The molecule has 60 heavy (non-hydrogen) atoms. The van der Waals surface area contributed by atoms with Crippen LogP contribution in [0.2, 0.25) is 0 Å². The highest BCUT2D eigenvalue weighted by Gasteiger charge is 2.60. The molecular weight excluding hydrogens is 822 g/mol. The number of hydrogen-bond donors (Lipinski definition) is 16. The number of nitrogens with one attached hydrogen (secondary N) is 3. The van der Waals surface area contributed by atoms with Crippen LogP contribution in [0.4, 0.5) is 0 Å². The fraction of sp³-hybridized carbons (Fsp3) is 0.879. The van der Waals surface area contributed by atoms with Crippen molar-refractivity contribution < 1.29 is 119 Å². The van der Waals surface area contributed by atoms with Crippen LogP contribution in [0.5, 0.6) is 0 Å². The average Bonchev–Trinajstić information content (AvgIpc) is 3.18. The zero-order valence-electron chi connectivity index (χ0n) is 32.4. The molecule has 0 aromatic heterocycles. The first kappa shape index (κ1) is 49.8. The number of carbonyl (C=O) groups is 4. The second-order valence-electron chi connectivity index (χ2n) is 14.8. The Kier molecular flexibility index (Phi) is 17.4. The van der Waals surface area contributed by atoms with E-state index in [0.29, 0.717) is 0 Å². The minimum absolute atomic E-state index is 0.652. The Morgan fingerprint density at radius 2 is 1.25 bits per heavy atom. The van der Waals surface area contributed by atoms with Crippen molar-refractivity contribution in [1.82, 2.24) is 16.0 Å². The van der Waals surface area contributed by atoms with Gasteiger partial charge in [-0.2, -0.15) is 0 Å². The van der Waals surface area contributed by atoms with Crippen LogP contribution in [0, 0.1) is 0 Å². The summed E-state index contributed by atoms with van der Waals surface area (Å²) in [7, 11) is 0. The highest BCUT2D eigenvalue weighted by molar-refractivity contribution is 5.77. The summed E-state index contributed by atoms with van der Waals surface area (Å²) in [5, 5.41) is 145. The van der Waals surface area contributed by atoms with Crippen molar-refractivity contribution >= 4 is 23.7 Å². The van der Waals surface area contributed by atoms with Gasteiger partial charge in [0.15, 0.2) is 18.9 Å². The number of carboxylic acids is 1. The Morgan fingerprint density at radius 1 is 0.683 bits per heavy atom. The van der Waals surface area contributed by atoms with Crippen LogP contribution in [0.25, 0.3) is 0 Å². The van der Waals surface area contributed by atoms with E-state index in [2.05, 4.69) is 16.0 Å². The lowest BCUT2D eigenvalue weighted by Gasteiger charge is -2.51. The number of aliphatic carboxylic acids is 1. The van der Waals surface area contributed by atoms with Gasteiger partial charge in [0.25, 0.3) is 5.79 Å². The highest BCUT2D eigenvalue weighted by atomic mass is 16.8. The van der Waals surface area contributed by atoms with Crippen LogP contribution in [0.1, 0.15) is 27.2 Å². The number of ether oxygens (including phenoxy) is 7. The third-order valence-electron chi connectivity index (χ3n) is 10.4. The molecule has 0 radical (unpaired) electrons. The number of rotatable bonds is 16. The molecule has 4 fully saturated rings. The Bertz CT molecular complexity index is 1470. The van der Waals surface area contributed by atoms with Gasteiger partial charge in [-0.15, -0.1) is 0 Å². The summed E-state index contributed by atoms with van der Waals surface area (Å²) in [5.41, 5.74) is 0. The molecule has 4 rings (SSSR count). The van der Waals surface area contributed by atoms with Crippen molar-refractivity contribution in [1.29, 1.82) is 0 Å². The Hall–Kier alpha value is -2.88. The van der Waals surface area contributed by atoms with Crippen molar-refractivity contribution in [3.63, 3.8) is 0 Å². The zero-order chi connectivity index (χ0) is 45.0. The molecule has 4 aliphatic rings. The van der Waals surface area contributed by atoms with Crippen LogP contribution in [-0.4, -0.2) is 245 Å². The molecule has 4 heterocycles. The third kappa shape index (κ3) is 11.0. The van der Waals surface area contributed by atoms with Crippen molar-refractivity contribution in [3.05, 3.63) is 0 Å². The molecule has 21 atom stereocenters. The van der Waals surface area contributed by atoms with Gasteiger partial charge in [-0.05, 0) is 0 Å². The smallest absolute Gasteiger partial charge is 0.364 e. The summed E-state index contributed by atoms with van der Waals surface area (Å²) < 4.78 is 39.3. The van der Waals surface area contributed by atoms with Crippen molar-refractivity contribution in [2.24, 2.45) is 0 Å². The Morgan fingerprint density at radius 3 is 1.80 bits per heavy atom. The summed E-state index contributed by atoms with van der Waals surface area (Å²) in [6, 6.07) is -4.63. The fourth-order valence-electron chi connectivity index (χ4n) is 7.36. The topological polar surface area (TPSA) is 432 Å². The third-order valence-corrected chi connectivity index (χ3v) is 10.4. The number of carbonyl (C=O) groups excluding carboxylic acids is 3. The number of aliphatic hydroxyl groups is 12. The van der Waals surface area contributed by atoms with Crippen LogP contribution < -0.4 is 16.0 Å². The van der Waals surface area contributed by atoms with Crippen molar-refractivity contribution in [2.75, 3.05) is 26.4 Å². The monoisotopic (exact) mass is 877 g/mol. The molecule has 0 aromatic rings. The maximum absolute atomic E-state index is 12.8. The van der Waals surface area contributed by atoms with E-state index in [-0.39, 0.29) is 0 Å². The molecule has 4 saturated heterocycles. The van der Waals surface area contributed by atoms with Crippen molar-refractivity contribution in [2.45, 2.75) is 155 Å². The van der Waals surface area contributed by atoms with Gasteiger partial charge in [0.2, 0.25) is 17.7 Å². The molecule has 346 valence electrons. The highest BCUT2D eigenvalue weighted by Crippen LogP contribution is 2.38. The van der Waals surface area contributed by atoms with Gasteiger partial charge in [-0.25, -0.2) is 4.79 Å². The van der Waals surface area contributed by atoms with E-state index >= 15 is 0 Å². The Labute approximate surface area is 340 Å². The molecule has 3 amide bonds. The summed E-state index contributed by atoms with van der Waals surface area (Å²) in [5.74, 6) is -7.34. The van der Waals surface area contributed by atoms with Gasteiger partial charge >= 0.3 is 5.97 Å². The molecule has 0 spiro atoms. The summed E-state index contributed by atoms with van der Waals surface area (Å²) in [6.07, 6.45) is -33.6. The van der Waals surface area contributed by atoms with E-state index in [1.54, 1.807) is 0 Å². The minimum Gasteiger partial charge on any atom is -0.477 e. The predicted molar refractivity (Wildman–Crippen MR) is 186 cm³/mol. The van der Waals surface area contributed by atoms with E-state index in [4.69, 9.17) is 33.2 Å². The second-order valence-corrected chi connectivity index (χ2v) is 14.8. The first-order chi connectivity index (χ1) is 28.1. The van der Waals surface area contributed by atoms with Gasteiger partial charge < -0.3 is 115 Å². The van der Waals surface area contributed by atoms with E-state index in [1.807, 2.05) is 0 Å². The lowest BCUT2D eigenvalue weighted by atomic mass is 9.88. The minimum atomic E-state index is -3.11. The van der Waals surface area contributed by atoms with Gasteiger partial charge in [0, 0.05) is 27.2 Å².